The van der Waals surface area contributed by atoms with Gasteiger partial charge in [0.25, 0.3) is 0 Å². The van der Waals surface area contributed by atoms with Gasteiger partial charge in [-0.15, -0.1) is 0 Å². The summed E-state index contributed by atoms with van der Waals surface area (Å²) in [6.45, 7) is 2.00. The smallest absolute Gasteiger partial charge is 0.126 e. The molecule has 0 atom stereocenters. The predicted molar refractivity (Wildman–Crippen MR) is 78.2 cm³/mol. The van der Waals surface area contributed by atoms with E-state index in [0.29, 0.717) is 15.1 Å². The van der Waals surface area contributed by atoms with Crippen molar-refractivity contribution < 1.29 is 4.74 Å². The van der Waals surface area contributed by atoms with Crippen molar-refractivity contribution in [1.29, 1.82) is 0 Å². The monoisotopic (exact) mass is 300 g/mol. The molecule has 0 amide bonds. The molecule has 0 unspecified atom stereocenters. The van der Waals surface area contributed by atoms with Crippen molar-refractivity contribution in [3.8, 4) is 16.9 Å². The Morgan fingerprint density at radius 2 is 1.56 bits per heavy atom. The van der Waals surface area contributed by atoms with Crippen molar-refractivity contribution in [2.75, 3.05) is 7.11 Å². The minimum Gasteiger partial charge on any atom is -0.496 e. The van der Waals surface area contributed by atoms with Crippen LogP contribution in [0.4, 0.5) is 0 Å². The fourth-order valence-corrected chi connectivity index (χ4v) is 2.39. The van der Waals surface area contributed by atoms with Gasteiger partial charge in [-0.05, 0) is 24.6 Å². The van der Waals surface area contributed by atoms with E-state index in [1.807, 2.05) is 31.2 Å². The summed E-state index contributed by atoms with van der Waals surface area (Å²) in [5, 5.41) is 1.24. The van der Waals surface area contributed by atoms with Gasteiger partial charge in [-0.2, -0.15) is 0 Å². The van der Waals surface area contributed by atoms with E-state index in [1.54, 1.807) is 13.2 Å². The number of hydrogen-bond donors (Lipinski definition) is 0. The van der Waals surface area contributed by atoms with E-state index in [1.165, 1.54) is 0 Å². The van der Waals surface area contributed by atoms with Crippen molar-refractivity contribution >= 4 is 34.8 Å². The molecule has 4 heteroatoms. The summed E-state index contributed by atoms with van der Waals surface area (Å²) in [6, 6.07) is 9.47. The van der Waals surface area contributed by atoms with Crippen LogP contribution in [-0.2, 0) is 0 Å². The van der Waals surface area contributed by atoms with E-state index in [0.717, 1.165) is 22.4 Å². The Hall–Kier alpha value is -0.890. The van der Waals surface area contributed by atoms with Crippen LogP contribution in [0.3, 0.4) is 0 Å². The molecule has 0 radical (unpaired) electrons. The van der Waals surface area contributed by atoms with Crippen molar-refractivity contribution in [1.82, 2.24) is 0 Å². The number of halogens is 3. The van der Waals surface area contributed by atoms with Crippen LogP contribution >= 0.6 is 34.8 Å². The Morgan fingerprint density at radius 1 is 0.889 bits per heavy atom. The van der Waals surface area contributed by atoms with Crippen LogP contribution < -0.4 is 4.74 Å². The van der Waals surface area contributed by atoms with E-state index < -0.39 is 0 Å². The average Bonchev–Trinajstić information content (AvgIpc) is 2.37. The molecule has 0 saturated carbocycles. The van der Waals surface area contributed by atoms with E-state index in [-0.39, 0.29) is 0 Å². The van der Waals surface area contributed by atoms with Gasteiger partial charge in [0.05, 0.1) is 22.2 Å². The zero-order chi connectivity index (χ0) is 13.3. The van der Waals surface area contributed by atoms with Crippen LogP contribution in [0.25, 0.3) is 11.1 Å². The number of rotatable bonds is 2. The van der Waals surface area contributed by atoms with Gasteiger partial charge >= 0.3 is 0 Å². The number of methoxy groups -OCH3 is 1. The first-order chi connectivity index (χ1) is 8.54. The first-order valence-electron chi connectivity index (χ1n) is 5.33. The molecule has 0 aromatic heterocycles. The van der Waals surface area contributed by atoms with Gasteiger partial charge in [0, 0.05) is 11.1 Å². The first kappa shape index (κ1) is 13.5. The minimum absolute atomic E-state index is 0.360. The molecule has 0 saturated heterocycles. The number of hydrogen-bond acceptors (Lipinski definition) is 1. The Morgan fingerprint density at radius 3 is 2.22 bits per heavy atom. The lowest BCUT2D eigenvalue weighted by Crippen LogP contribution is -1.90. The van der Waals surface area contributed by atoms with Crippen LogP contribution in [0.5, 0.6) is 5.75 Å². The summed E-state index contributed by atoms with van der Waals surface area (Å²) in [5.41, 5.74) is 2.82. The Labute approximate surface area is 121 Å². The molecule has 0 heterocycles. The van der Waals surface area contributed by atoms with Crippen molar-refractivity contribution in [3.63, 3.8) is 0 Å². The Balaban J connectivity index is 2.66. The van der Waals surface area contributed by atoms with E-state index in [4.69, 9.17) is 39.5 Å². The van der Waals surface area contributed by atoms with Crippen LogP contribution in [0, 0.1) is 6.92 Å². The number of ether oxygens (including phenoxy) is 1. The van der Waals surface area contributed by atoms with Crippen LogP contribution in [0.2, 0.25) is 15.1 Å². The molecule has 0 aliphatic rings. The average molecular weight is 302 g/mol. The Bertz CT molecular complexity index is 594. The maximum atomic E-state index is 6.23. The van der Waals surface area contributed by atoms with E-state index >= 15 is 0 Å². The third kappa shape index (κ3) is 2.44. The van der Waals surface area contributed by atoms with Gasteiger partial charge in [0.1, 0.15) is 5.75 Å². The highest BCUT2D eigenvalue weighted by Crippen LogP contribution is 2.41. The highest BCUT2D eigenvalue weighted by molar-refractivity contribution is 6.49. The highest BCUT2D eigenvalue weighted by atomic mass is 35.5. The zero-order valence-electron chi connectivity index (χ0n) is 9.93. The van der Waals surface area contributed by atoms with Crippen LogP contribution in [-0.4, -0.2) is 7.11 Å². The maximum Gasteiger partial charge on any atom is 0.126 e. The highest BCUT2D eigenvalue weighted by Gasteiger charge is 2.13. The second kappa shape index (κ2) is 5.40. The third-order valence-corrected chi connectivity index (χ3v) is 3.98. The normalized spacial score (nSPS) is 10.5. The van der Waals surface area contributed by atoms with Gasteiger partial charge < -0.3 is 4.74 Å². The number of benzene rings is 2. The van der Waals surface area contributed by atoms with Crippen LogP contribution in [0.15, 0.2) is 30.3 Å². The molecule has 0 aliphatic heterocycles. The third-order valence-electron chi connectivity index (χ3n) is 2.68. The molecule has 18 heavy (non-hydrogen) atoms. The van der Waals surface area contributed by atoms with Crippen molar-refractivity contribution in [2.24, 2.45) is 0 Å². The summed E-state index contributed by atoms with van der Waals surface area (Å²) in [5.74, 6) is 0.760. The fourth-order valence-electron chi connectivity index (χ4n) is 1.75. The molecule has 94 valence electrons. The molecule has 0 fully saturated rings. The fraction of sp³-hybridized carbons (Fsp3) is 0.143. The quantitative estimate of drug-likeness (QED) is 0.653. The minimum atomic E-state index is 0.360. The lowest BCUT2D eigenvalue weighted by Gasteiger charge is -2.12. The standard InChI is InChI=1S/C14H11Cl3O/c1-8-3-4-9(12(7-8)18-2)10-5-6-11(15)14(17)13(10)16/h3-7H,1-2H3. The lowest BCUT2D eigenvalue weighted by molar-refractivity contribution is 0.416. The zero-order valence-corrected chi connectivity index (χ0v) is 12.2. The summed E-state index contributed by atoms with van der Waals surface area (Å²) in [6.07, 6.45) is 0. The molecule has 2 aromatic carbocycles. The summed E-state index contributed by atoms with van der Waals surface area (Å²) >= 11 is 18.2. The first-order valence-corrected chi connectivity index (χ1v) is 6.46. The summed E-state index contributed by atoms with van der Waals surface area (Å²) in [4.78, 5) is 0. The summed E-state index contributed by atoms with van der Waals surface area (Å²) in [7, 11) is 1.63. The van der Waals surface area contributed by atoms with Crippen molar-refractivity contribution in [2.45, 2.75) is 6.92 Å². The van der Waals surface area contributed by atoms with Gasteiger partial charge in [-0.1, -0.05) is 53.0 Å². The largest absolute Gasteiger partial charge is 0.496 e. The van der Waals surface area contributed by atoms with Crippen molar-refractivity contribution in [3.05, 3.63) is 51.0 Å². The molecule has 2 rings (SSSR count). The molecule has 0 aliphatic carbocycles. The Kier molecular flexibility index (Phi) is 4.06. The second-order valence-electron chi connectivity index (χ2n) is 3.93. The molecule has 0 N–H and O–H groups in total. The predicted octanol–water partition coefficient (Wildman–Crippen LogP) is 5.63. The second-order valence-corrected chi connectivity index (χ2v) is 5.09. The van der Waals surface area contributed by atoms with Crippen LogP contribution in [0.1, 0.15) is 5.56 Å². The van der Waals surface area contributed by atoms with Gasteiger partial charge in [-0.3, -0.25) is 0 Å². The molecule has 1 nitrogen and oxygen atoms in total. The van der Waals surface area contributed by atoms with Gasteiger partial charge in [0.15, 0.2) is 0 Å². The maximum absolute atomic E-state index is 6.23. The van der Waals surface area contributed by atoms with E-state index in [9.17, 15) is 0 Å². The molecule has 0 spiro atoms. The molecular weight excluding hydrogens is 291 g/mol. The number of aryl methyl sites for hydroxylation is 1. The topological polar surface area (TPSA) is 9.23 Å². The lowest BCUT2D eigenvalue weighted by atomic mass is 10.0. The molecular formula is C14H11Cl3O. The van der Waals surface area contributed by atoms with Gasteiger partial charge in [0.2, 0.25) is 0 Å². The molecule has 2 aromatic rings. The summed E-state index contributed by atoms with van der Waals surface area (Å²) < 4.78 is 5.37. The van der Waals surface area contributed by atoms with Gasteiger partial charge in [-0.25, -0.2) is 0 Å². The van der Waals surface area contributed by atoms with E-state index in [2.05, 4.69) is 0 Å². The SMILES string of the molecule is COc1cc(C)ccc1-c1ccc(Cl)c(Cl)c1Cl. The molecule has 0 bridgehead atoms.